The van der Waals surface area contributed by atoms with Crippen molar-refractivity contribution in [1.29, 1.82) is 0 Å². The molecule has 0 heteroatoms. The van der Waals surface area contributed by atoms with E-state index in [1.54, 1.807) is 0 Å². The Morgan fingerprint density at radius 1 is 0.362 bits per heavy atom. The minimum atomic E-state index is 1.22. The highest BCUT2D eigenvalue weighted by Crippen LogP contribution is 2.44. The summed E-state index contributed by atoms with van der Waals surface area (Å²) in [5, 5.41) is 7.71. The molecule has 0 radical (unpaired) electrons. The van der Waals surface area contributed by atoms with E-state index < -0.39 is 0 Å². The molecule has 0 aliphatic rings. The van der Waals surface area contributed by atoms with Gasteiger partial charge in [0.2, 0.25) is 0 Å². The molecule has 0 unspecified atom stereocenters. The Kier molecular flexibility index (Phi) is 8.42. The van der Waals surface area contributed by atoms with Gasteiger partial charge in [-0.25, -0.2) is 0 Å². The molecule has 8 rings (SSSR count). The monoisotopic (exact) mass is 604 g/mol. The molecule has 0 bridgehead atoms. The summed E-state index contributed by atoms with van der Waals surface area (Å²) in [4.78, 5) is 0. The second kappa shape index (κ2) is 13.1. The summed E-state index contributed by atoms with van der Waals surface area (Å²) in [5.74, 6) is 0. The van der Waals surface area contributed by atoms with Gasteiger partial charge in [-0.05, 0) is 114 Å². The minimum absolute atomic E-state index is 1.22. The van der Waals surface area contributed by atoms with Crippen LogP contribution in [0.3, 0.4) is 0 Å². The van der Waals surface area contributed by atoms with Crippen LogP contribution in [0.5, 0.6) is 0 Å². The molecule has 0 saturated carbocycles. The van der Waals surface area contributed by atoms with Gasteiger partial charge in [-0.3, -0.25) is 0 Å². The number of hydrogen-bond acceptors (Lipinski definition) is 0. The van der Waals surface area contributed by atoms with Gasteiger partial charge >= 0.3 is 0 Å². The van der Waals surface area contributed by atoms with Crippen molar-refractivity contribution < 1.29 is 0 Å². The van der Waals surface area contributed by atoms with Crippen molar-refractivity contribution in [2.75, 3.05) is 0 Å². The number of aryl methyl sites for hydroxylation is 2. The van der Waals surface area contributed by atoms with Gasteiger partial charge in [-0.1, -0.05) is 166 Å². The van der Waals surface area contributed by atoms with Crippen LogP contribution >= 0.6 is 0 Å². The van der Waals surface area contributed by atoms with Gasteiger partial charge in [-0.2, -0.15) is 0 Å². The lowest BCUT2D eigenvalue weighted by atomic mass is 9.85. The first-order chi connectivity index (χ1) is 23.1. The lowest BCUT2D eigenvalue weighted by molar-refractivity contribution is 1.09. The quantitative estimate of drug-likeness (QED) is 0.175. The third kappa shape index (κ3) is 5.62. The molecular weight excluding hydrogens is 565 g/mol. The van der Waals surface area contributed by atoms with Crippen molar-refractivity contribution in [3.63, 3.8) is 0 Å². The van der Waals surface area contributed by atoms with Gasteiger partial charge in [-0.15, -0.1) is 0 Å². The first-order valence-corrected chi connectivity index (χ1v) is 16.8. The zero-order valence-corrected chi connectivity index (χ0v) is 27.7. The van der Waals surface area contributed by atoms with E-state index in [1.807, 2.05) is 0 Å². The Morgan fingerprint density at radius 2 is 0.851 bits per heavy atom. The molecular formula is C47H40. The average Bonchev–Trinajstić information content (AvgIpc) is 3.12. The van der Waals surface area contributed by atoms with Crippen LogP contribution < -0.4 is 0 Å². The van der Waals surface area contributed by atoms with Gasteiger partial charge < -0.3 is 0 Å². The van der Waals surface area contributed by atoms with Crippen molar-refractivity contribution in [2.24, 2.45) is 0 Å². The molecule has 0 heterocycles. The van der Waals surface area contributed by atoms with Crippen LogP contribution in [0, 0.1) is 13.8 Å². The molecule has 0 N–H and O–H groups in total. The average molecular weight is 605 g/mol. The lowest BCUT2D eigenvalue weighted by Crippen LogP contribution is -1.92. The molecule has 0 atom stereocenters. The Bertz CT molecular complexity index is 2300. The van der Waals surface area contributed by atoms with Crippen molar-refractivity contribution in [2.45, 2.75) is 34.1 Å². The summed E-state index contributed by atoms with van der Waals surface area (Å²) in [6.07, 6.45) is 1.25. The maximum Gasteiger partial charge on any atom is -0.00262 e. The fraction of sp³-hybridized carbons (Fsp3) is 0.106. The second-order valence-electron chi connectivity index (χ2n) is 12.5. The highest BCUT2D eigenvalue weighted by molar-refractivity contribution is 6.21. The first kappa shape index (κ1) is 30.2. The molecule has 0 nitrogen and oxygen atoms in total. The first-order valence-electron chi connectivity index (χ1n) is 16.8. The summed E-state index contributed by atoms with van der Waals surface area (Å²) < 4.78 is 0. The zero-order valence-electron chi connectivity index (χ0n) is 27.7. The van der Waals surface area contributed by atoms with Crippen LogP contribution in [0.2, 0.25) is 0 Å². The SMILES string of the molecule is CCC.Cc1ccc(-c2cccc(-c3c4ccccc4c(-c4ccccc4)c4ccccc34)c2)cc1-c1ccc2ccccc2c1C. The van der Waals surface area contributed by atoms with Gasteiger partial charge in [0.25, 0.3) is 0 Å². The van der Waals surface area contributed by atoms with Gasteiger partial charge in [0, 0.05) is 0 Å². The summed E-state index contributed by atoms with van der Waals surface area (Å²) in [6.45, 7) is 8.72. The van der Waals surface area contributed by atoms with E-state index in [4.69, 9.17) is 0 Å². The standard InChI is InChI=1S/C44H32.C3H8/c1-29-23-24-34(28-42(29)37-26-25-31-13-6-7-18-36(31)30(37)2)33-16-12-17-35(27-33)44-40-21-10-8-19-38(40)43(32-14-4-3-5-15-32)39-20-9-11-22-41(39)44;1-3-2/h3-28H,1-2H3;3H2,1-2H3. The molecule has 0 aromatic heterocycles. The maximum absolute atomic E-state index is 2.38. The van der Waals surface area contributed by atoms with E-state index in [-0.39, 0.29) is 0 Å². The molecule has 0 fully saturated rings. The summed E-state index contributed by atoms with van der Waals surface area (Å²) in [7, 11) is 0. The zero-order chi connectivity index (χ0) is 32.3. The second-order valence-corrected chi connectivity index (χ2v) is 12.5. The third-order valence-corrected chi connectivity index (χ3v) is 9.20. The normalized spacial score (nSPS) is 11.1. The highest BCUT2D eigenvalue weighted by atomic mass is 14.2. The molecule has 0 spiro atoms. The van der Waals surface area contributed by atoms with E-state index in [0.29, 0.717) is 0 Å². The lowest BCUT2D eigenvalue weighted by Gasteiger charge is -2.18. The van der Waals surface area contributed by atoms with Crippen molar-refractivity contribution in [3.8, 4) is 44.5 Å². The largest absolute Gasteiger partial charge is 0.0656 e. The number of benzene rings is 8. The van der Waals surface area contributed by atoms with Gasteiger partial charge in [0.05, 0.1) is 0 Å². The van der Waals surface area contributed by atoms with Crippen LogP contribution in [0.4, 0.5) is 0 Å². The smallest absolute Gasteiger partial charge is 0.00262 e. The number of rotatable bonds is 4. The fourth-order valence-corrected chi connectivity index (χ4v) is 7.02. The summed E-state index contributed by atoms with van der Waals surface area (Å²) in [5.41, 5.74) is 12.7. The van der Waals surface area contributed by atoms with E-state index >= 15 is 0 Å². The molecule has 228 valence electrons. The van der Waals surface area contributed by atoms with E-state index in [9.17, 15) is 0 Å². The van der Waals surface area contributed by atoms with Crippen LogP contribution in [0.15, 0.2) is 158 Å². The topological polar surface area (TPSA) is 0 Å². The Morgan fingerprint density at radius 3 is 1.49 bits per heavy atom. The maximum atomic E-state index is 2.38. The van der Waals surface area contributed by atoms with E-state index in [2.05, 4.69) is 185 Å². The molecule has 0 saturated heterocycles. The number of hydrogen-bond donors (Lipinski definition) is 0. The van der Waals surface area contributed by atoms with Crippen LogP contribution in [-0.4, -0.2) is 0 Å². The van der Waals surface area contributed by atoms with Crippen molar-refractivity contribution >= 4 is 32.3 Å². The molecule has 8 aromatic rings. The molecule has 47 heavy (non-hydrogen) atoms. The van der Waals surface area contributed by atoms with Gasteiger partial charge in [0.15, 0.2) is 0 Å². The summed E-state index contributed by atoms with van der Waals surface area (Å²) >= 11 is 0. The predicted molar refractivity (Wildman–Crippen MR) is 206 cm³/mol. The molecule has 0 aliphatic heterocycles. The summed E-state index contributed by atoms with van der Waals surface area (Å²) in [6, 6.07) is 57.8. The van der Waals surface area contributed by atoms with E-state index in [1.165, 1.54) is 94.4 Å². The molecule has 0 aliphatic carbocycles. The number of fused-ring (bicyclic) bond motifs is 3. The van der Waals surface area contributed by atoms with Crippen molar-refractivity contribution in [1.82, 2.24) is 0 Å². The third-order valence-electron chi connectivity index (χ3n) is 9.20. The van der Waals surface area contributed by atoms with Gasteiger partial charge in [0.1, 0.15) is 0 Å². The Hall–Kier alpha value is -5.46. The fourth-order valence-electron chi connectivity index (χ4n) is 7.02. The minimum Gasteiger partial charge on any atom is -0.0656 e. The van der Waals surface area contributed by atoms with Crippen LogP contribution in [-0.2, 0) is 0 Å². The van der Waals surface area contributed by atoms with E-state index in [0.717, 1.165) is 0 Å². The van der Waals surface area contributed by atoms with Crippen LogP contribution in [0.1, 0.15) is 31.4 Å². The molecule has 0 amide bonds. The van der Waals surface area contributed by atoms with Crippen LogP contribution in [0.25, 0.3) is 76.8 Å². The Balaban J connectivity index is 0.00000113. The molecule has 8 aromatic carbocycles. The predicted octanol–water partition coefficient (Wildman–Crippen LogP) is 13.8. The Labute approximate surface area is 279 Å². The highest BCUT2D eigenvalue weighted by Gasteiger charge is 2.17. The van der Waals surface area contributed by atoms with Crippen molar-refractivity contribution in [3.05, 3.63) is 169 Å².